The van der Waals surface area contributed by atoms with Crippen LogP contribution in [-0.2, 0) is 4.57 Å². The van der Waals surface area contributed by atoms with Gasteiger partial charge in [0.15, 0.2) is 7.14 Å². The summed E-state index contributed by atoms with van der Waals surface area (Å²) in [5.74, 6) is 0.475. The van der Waals surface area contributed by atoms with Crippen molar-refractivity contribution in [1.82, 2.24) is 0 Å². The second kappa shape index (κ2) is 7.86. The van der Waals surface area contributed by atoms with Crippen LogP contribution in [0.2, 0.25) is 0 Å². The van der Waals surface area contributed by atoms with Crippen LogP contribution in [0.15, 0.2) is 93.8 Å². The Hall–Kier alpha value is -2.11. The molecule has 0 N–H and O–H groups in total. The number of allylic oxidation sites excluding steroid dienone is 6. The third-order valence-corrected chi connectivity index (χ3v) is 10.4. The molecule has 2 aromatic rings. The molecule has 154 valence electrons. The monoisotopic (exact) mass is 414 g/mol. The molecule has 0 bridgehead atoms. The van der Waals surface area contributed by atoms with Crippen LogP contribution in [0.1, 0.15) is 58.8 Å². The van der Waals surface area contributed by atoms with Crippen molar-refractivity contribution in [3.63, 3.8) is 0 Å². The van der Waals surface area contributed by atoms with Crippen molar-refractivity contribution < 1.29 is 4.57 Å². The van der Waals surface area contributed by atoms with Gasteiger partial charge in [0, 0.05) is 21.8 Å². The Morgan fingerprint density at radius 3 is 1.90 bits per heavy atom. The molecule has 0 radical (unpaired) electrons. The van der Waals surface area contributed by atoms with Gasteiger partial charge in [0.25, 0.3) is 0 Å². The van der Waals surface area contributed by atoms with Gasteiger partial charge in [0.1, 0.15) is 0 Å². The Morgan fingerprint density at radius 2 is 1.33 bits per heavy atom. The molecule has 0 aliphatic heterocycles. The fraction of sp³-hybridized carbons (Fsp3) is 0.357. The van der Waals surface area contributed by atoms with E-state index in [1.165, 1.54) is 60.6 Å². The second-order valence-corrected chi connectivity index (χ2v) is 11.9. The normalized spacial score (nSPS) is 21.5. The first-order valence-electron chi connectivity index (χ1n) is 11.5. The van der Waals surface area contributed by atoms with E-state index in [1.54, 1.807) is 11.1 Å². The molecule has 2 saturated carbocycles. The molecule has 30 heavy (non-hydrogen) atoms. The summed E-state index contributed by atoms with van der Waals surface area (Å²) in [6, 6.07) is 20.6. The van der Waals surface area contributed by atoms with E-state index in [0.29, 0.717) is 5.92 Å². The average molecular weight is 415 g/mol. The van der Waals surface area contributed by atoms with Crippen molar-refractivity contribution in [3.05, 3.63) is 93.8 Å². The number of fused-ring (bicyclic) bond motifs is 2. The van der Waals surface area contributed by atoms with Crippen LogP contribution in [0.5, 0.6) is 0 Å². The lowest BCUT2D eigenvalue weighted by atomic mass is 9.74. The van der Waals surface area contributed by atoms with E-state index in [2.05, 4.69) is 38.1 Å². The first-order chi connectivity index (χ1) is 14.6. The highest BCUT2D eigenvalue weighted by atomic mass is 31.2. The topological polar surface area (TPSA) is 17.1 Å². The average Bonchev–Trinajstić information content (AvgIpc) is 3.28. The largest absolute Gasteiger partial charge is 0.309 e. The molecule has 0 heterocycles. The van der Waals surface area contributed by atoms with Crippen LogP contribution in [0.25, 0.3) is 0 Å². The second-order valence-electron chi connectivity index (χ2n) is 9.18. The third-order valence-electron chi connectivity index (χ3n) is 7.20. The molecule has 1 atom stereocenters. The number of hydrogen-bond acceptors (Lipinski definition) is 1. The van der Waals surface area contributed by atoms with Crippen molar-refractivity contribution in [2.45, 2.75) is 58.8 Å². The fourth-order valence-corrected chi connectivity index (χ4v) is 9.35. The van der Waals surface area contributed by atoms with Gasteiger partial charge in [-0.15, -0.1) is 0 Å². The Kier molecular flexibility index (Phi) is 5.19. The minimum Gasteiger partial charge on any atom is -0.309 e. The summed E-state index contributed by atoms with van der Waals surface area (Å²) in [6.45, 7) is 4.47. The Bertz CT molecular complexity index is 1050. The third kappa shape index (κ3) is 3.02. The van der Waals surface area contributed by atoms with Gasteiger partial charge >= 0.3 is 0 Å². The Labute approximate surface area is 181 Å². The molecule has 5 rings (SSSR count). The van der Waals surface area contributed by atoms with E-state index in [1.807, 2.05) is 36.4 Å². The van der Waals surface area contributed by atoms with Crippen LogP contribution in [0.4, 0.5) is 0 Å². The van der Waals surface area contributed by atoms with Crippen molar-refractivity contribution in [1.29, 1.82) is 0 Å². The standard InChI is InChI=1S/C28H31OP/c1-20(2)27-25-19-11-18-23(25)24-16-9-10-17-26(24)28(27)30(29,21-12-5-3-6-13-21)22-14-7-4-8-15-22/h3-8,12-15,25H,9-11,16-19H2,1-2H3/t25-/m0/s1. The van der Waals surface area contributed by atoms with Gasteiger partial charge in [0.05, 0.1) is 0 Å². The molecule has 2 aromatic carbocycles. The summed E-state index contributed by atoms with van der Waals surface area (Å²) >= 11 is 0. The van der Waals surface area contributed by atoms with Crippen molar-refractivity contribution in [2.75, 3.05) is 0 Å². The van der Waals surface area contributed by atoms with Crippen LogP contribution < -0.4 is 10.6 Å². The van der Waals surface area contributed by atoms with Gasteiger partial charge in [-0.05, 0) is 75.5 Å². The smallest absolute Gasteiger partial charge is 0.171 e. The molecule has 1 nitrogen and oxygen atoms in total. The molecule has 0 aromatic heterocycles. The van der Waals surface area contributed by atoms with Gasteiger partial charge in [-0.2, -0.15) is 0 Å². The quantitative estimate of drug-likeness (QED) is 0.483. The molecule has 2 fully saturated rings. The zero-order chi connectivity index (χ0) is 20.7. The summed E-state index contributed by atoms with van der Waals surface area (Å²) in [4.78, 5) is 0. The zero-order valence-corrected chi connectivity index (χ0v) is 19.1. The SMILES string of the molecule is CC(C)=C1C(P(=O)(c2ccccc2)c2ccccc2)=C2CCCCC2=C2CCC[C@@H]21. The molecule has 0 amide bonds. The minimum absolute atomic E-state index is 0.475. The Balaban J connectivity index is 1.88. The van der Waals surface area contributed by atoms with Gasteiger partial charge in [-0.3, -0.25) is 0 Å². The van der Waals surface area contributed by atoms with E-state index in [0.717, 1.165) is 17.0 Å². The molecule has 0 spiro atoms. The molecule has 2 heteroatoms. The van der Waals surface area contributed by atoms with Gasteiger partial charge in [-0.1, -0.05) is 71.8 Å². The molecular weight excluding hydrogens is 383 g/mol. The maximum absolute atomic E-state index is 15.4. The maximum atomic E-state index is 15.4. The molecule has 0 unspecified atom stereocenters. The first kappa shape index (κ1) is 19.8. The number of hydrogen-bond donors (Lipinski definition) is 0. The van der Waals surface area contributed by atoms with E-state index in [9.17, 15) is 0 Å². The molecule has 0 saturated heterocycles. The van der Waals surface area contributed by atoms with Gasteiger partial charge in [0.2, 0.25) is 0 Å². The summed E-state index contributed by atoms with van der Waals surface area (Å²) in [7, 11) is -2.96. The van der Waals surface area contributed by atoms with Crippen molar-refractivity contribution in [2.24, 2.45) is 5.92 Å². The fourth-order valence-electron chi connectivity index (χ4n) is 6.00. The van der Waals surface area contributed by atoms with E-state index in [-0.39, 0.29) is 0 Å². The lowest BCUT2D eigenvalue weighted by Crippen LogP contribution is -2.25. The van der Waals surface area contributed by atoms with Crippen LogP contribution in [0, 0.1) is 5.92 Å². The highest BCUT2D eigenvalue weighted by molar-refractivity contribution is 7.82. The molecular formula is C28H31OP. The van der Waals surface area contributed by atoms with Crippen LogP contribution in [0.3, 0.4) is 0 Å². The Morgan fingerprint density at radius 1 is 0.767 bits per heavy atom. The lowest BCUT2D eigenvalue weighted by Gasteiger charge is -2.38. The summed E-state index contributed by atoms with van der Waals surface area (Å²) in [6.07, 6.45) is 8.43. The highest BCUT2D eigenvalue weighted by Crippen LogP contribution is 2.64. The van der Waals surface area contributed by atoms with E-state index >= 15 is 4.57 Å². The lowest BCUT2D eigenvalue weighted by molar-refractivity contribution is 0.586. The van der Waals surface area contributed by atoms with E-state index in [4.69, 9.17) is 0 Å². The van der Waals surface area contributed by atoms with Crippen molar-refractivity contribution in [3.8, 4) is 0 Å². The predicted molar refractivity (Wildman–Crippen MR) is 128 cm³/mol. The summed E-state index contributed by atoms with van der Waals surface area (Å²) < 4.78 is 15.4. The minimum atomic E-state index is -2.96. The van der Waals surface area contributed by atoms with Crippen LogP contribution >= 0.6 is 7.14 Å². The summed E-state index contributed by atoms with van der Waals surface area (Å²) in [5.41, 5.74) is 7.44. The molecule has 3 aliphatic carbocycles. The van der Waals surface area contributed by atoms with Gasteiger partial charge < -0.3 is 4.57 Å². The summed E-state index contributed by atoms with van der Waals surface area (Å²) in [5, 5.41) is 3.15. The number of rotatable bonds is 3. The predicted octanol–water partition coefficient (Wildman–Crippen LogP) is 7.28. The van der Waals surface area contributed by atoms with Gasteiger partial charge in [-0.25, -0.2) is 0 Å². The maximum Gasteiger partial charge on any atom is 0.171 e. The van der Waals surface area contributed by atoms with Crippen LogP contribution in [-0.4, -0.2) is 0 Å². The zero-order valence-electron chi connectivity index (χ0n) is 18.2. The highest BCUT2D eigenvalue weighted by Gasteiger charge is 2.44. The van der Waals surface area contributed by atoms with E-state index < -0.39 is 7.14 Å². The molecule has 3 aliphatic rings. The van der Waals surface area contributed by atoms with Crippen molar-refractivity contribution >= 4 is 17.8 Å². The first-order valence-corrected chi connectivity index (χ1v) is 13.2. The number of benzene rings is 2.